The van der Waals surface area contributed by atoms with Crippen LogP contribution >= 0.6 is 0 Å². The summed E-state index contributed by atoms with van der Waals surface area (Å²) in [7, 11) is 1.54. The van der Waals surface area contributed by atoms with Crippen molar-refractivity contribution >= 4 is 23.5 Å². The van der Waals surface area contributed by atoms with Gasteiger partial charge in [-0.3, -0.25) is 4.79 Å². The molecule has 1 aromatic heterocycles. The Morgan fingerprint density at radius 3 is 2.59 bits per heavy atom. The van der Waals surface area contributed by atoms with Crippen molar-refractivity contribution in [2.24, 2.45) is 0 Å². The van der Waals surface area contributed by atoms with Crippen LogP contribution in [0.2, 0.25) is 0 Å². The van der Waals surface area contributed by atoms with Crippen molar-refractivity contribution in [3.8, 4) is 5.75 Å². The summed E-state index contributed by atoms with van der Waals surface area (Å²) < 4.78 is 10.3. The molecular formula is C20H25N5O4. The lowest BCUT2D eigenvalue weighted by atomic mass is 10.1. The van der Waals surface area contributed by atoms with E-state index in [0.29, 0.717) is 37.0 Å². The van der Waals surface area contributed by atoms with Gasteiger partial charge in [0.2, 0.25) is 0 Å². The number of methoxy groups -OCH3 is 1. The first-order valence-corrected chi connectivity index (χ1v) is 9.55. The first-order chi connectivity index (χ1) is 14.1. The number of aromatic nitrogens is 2. The molecule has 1 fully saturated rings. The molecule has 0 spiro atoms. The maximum absolute atomic E-state index is 12.4. The lowest BCUT2D eigenvalue weighted by molar-refractivity contribution is 0.0982. The Labute approximate surface area is 169 Å². The molecule has 154 valence electrons. The molecule has 3 rings (SSSR count). The molecule has 2 heterocycles. The molecule has 2 N–H and O–H groups in total. The topological polar surface area (TPSA) is 106 Å². The van der Waals surface area contributed by atoms with Crippen LogP contribution in [0.3, 0.4) is 0 Å². The summed E-state index contributed by atoms with van der Waals surface area (Å²) in [5, 5.41) is 6.07. The molecule has 2 amide bonds. The first-order valence-electron chi connectivity index (χ1n) is 9.55. The Balaban J connectivity index is 1.53. The Bertz CT molecular complexity index is 835. The molecule has 1 saturated heterocycles. The monoisotopic (exact) mass is 399 g/mol. The van der Waals surface area contributed by atoms with Crippen molar-refractivity contribution in [2.45, 2.75) is 25.8 Å². The summed E-state index contributed by atoms with van der Waals surface area (Å²) >= 11 is 0. The molecule has 1 aliphatic heterocycles. The van der Waals surface area contributed by atoms with Crippen molar-refractivity contribution in [1.82, 2.24) is 14.9 Å². The van der Waals surface area contributed by atoms with Gasteiger partial charge in [0.05, 0.1) is 31.8 Å². The van der Waals surface area contributed by atoms with Crippen LogP contribution in [0.4, 0.5) is 16.3 Å². The third-order valence-corrected chi connectivity index (χ3v) is 4.61. The minimum Gasteiger partial charge on any atom is -0.495 e. The Morgan fingerprint density at radius 1 is 1.17 bits per heavy atom. The number of benzene rings is 1. The lowest BCUT2D eigenvalue weighted by Crippen LogP contribution is -2.42. The zero-order chi connectivity index (χ0) is 20.6. The third kappa shape index (κ3) is 5.34. The second-order valence-electron chi connectivity index (χ2n) is 6.55. The van der Waals surface area contributed by atoms with Crippen molar-refractivity contribution in [3.05, 3.63) is 42.4 Å². The summed E-state index contributed by atoms with van der Waals surface area (Å²) in [6.07, 6.45) is 4.28. The van der Waals surface area contributed by atoms with E-state index in [0.717, 1.165) is 12.8 Å². The summed E-state index contributed by atoms with van der Waals surface area (Å²) in [6, 6.07) is 7.34. The number of hydrogen-bond donors (Lipinski definition) is 2. The first kappa shape index (κ1) is 20.4. The van der Waals surface area contributed by atoms with Crippen LogP contribution in [0.1, 0.15) is 30.3 Å². The van der Waals surface area contributed by atoms with Gasteiger partial charge in [-0.2, -0.15) is 0 Å². The number of hydrogen-bond acceptors (Lipinski definition) is 7. The number of likely N-dealkylation sites (tertiary alicyclic amines) is 1. The Morgan fingerprint density at radius 2 is 1.93 bits per heavy atom. The van der Waals surface area contributed by atoms with Gasteiger partial charge in [0.15, 0.2) is 0 Å². The molecule has 0 radical (unpaired) electrons. The number of nitrogens with zero attached hydrogens (tertiary/aromatic N) is 3. The largest absolute Gasteiger partial charge is 0.495 e. The number of piperidine rings is 1. The van der Waals surface area contributed by atoms with Crippen molar-refractivity contribution in [1.29, 1.82) is 0 Å². The summed E-state index contributed by atoms with van der Waals surface area (Å²) in [5.74, 6) is 0.797. The normalized spacial score (nSPS) is 14.2. The molecule has 29 heavy (non-hydrogen) atoms. The summed E-state index contributed by atoms with van der Waals surface area (Å²) in [4.78, 5) is 34.3. The molecule has 0 atom stereocenters. The molecule has 1 aliphatic rings. The predicted molar refractivity (Wildman–Crippen MR) is 108 cm³/mol. The van der Waals surface area contributed by atoms with E-state index in [1.807, 2.05) is 12.1 Å². The summed E-state index contributed by atoms with van der Waals surface area (Å²) in [5.41, 5.74) is 0.774. The van der Waals surface area contributed by atoms with Crippen LogP contribution in [0.25, 0.3) is 0 Å². The maximum atomic E-state index is 12.4. The molecule has 0 aliphatic carbocycles. The average Bonchev–Trinajstić information content (AvgIpc) is 2.75. The molecule has 9 heteroatoms. The van der Waals surface area contributed by atoms with E-state index in [4.69, 9.17) is 9.47 Å². The van der Waals surface area contributed by atoms with Gasteiger partial charge in [-0.25, -0.2) is 14.8 Å². The van der Waals surface area contributed by atoms with Crippen LogP contribution < -0.4 is 15.4 Å². The fourth-order valence-electron chi connectivity index (χ4n) is 3.08. The van der Waals surface area contributed by atoms with E-state index in [1.165, 1.54) is 12.4 Å². The molecular weight excluding hydrogens is 374 g/mol. The summed E-state index contributed by atoms with van der Waals surface area (Å²) in [6.45, 7) is 3.43. The highest BCUT2D eigenvalue weighted by molar-refractivity contribution is 6.03. The van der Waals surface area contributed by atoms with Gasteiger partial charge in [-0.1, -0.05) is 12.1 Å². The molecule has 1 aromatic carbocycles. The zero-order valence-electron chi connectivity index (χ0n) is 16.6. The minimum atomic E-state index is -0.365. The van der Waals surface area contributed by atoms with Crippen LogP contribution in [0, 0.1) is 0 Å². The highest BCUT2D eigenvalue weighted by atomic mass is 16.6. The number of carbonyl (C=O) groups is 2. The van der Waals surface area contributed by atoms with Crippen LogP contribution in [-0.2, 0) is 4.74 Å². The lowest BCUT2D eigenvalue weighted by Gasteiger charge is -2.31. The SMILES string of the molecule is CCOC(=O)N1CCC(Nc2cnc(C(=O)Nc3ccccc3OC)cn2)CC1. The average molecular weight is 399 g/mol. The molecule has 0 unspecified atom stereocenters. The van der Waals surface area contributed by atoms with Crippen molar-refractivity contribution in [3.63, 3.8) is 0 Å². The molecule has 9 nitrogen and oxygen atoms in total. The van der Waals surface area contributed by atoms with Gasteiger partial charge in [-0.05, 0) is 31.9 Å². The second-order valence-corrected chi connectivity index (χ2v) is 6.55. The smallest absolute Gasteiger partial charge is 0.409 e. The minimum absolute atomic E-state index is 0.184. The molecule has 0 bridgehead atoms. The third-order valence-electron chi connectivity index (χ3n) is 4.61. The standard InChI is InChI=1S/C20H25N5O4/c1-3-29-20(27)25-10-8-14(9-11-25)23-18-13-21-16(12-22-18)19(26)24-15-6-4-5-7-17(15)28-2/h4-7,12-14H,3,8-11H2,1-2H3,(H,22,23)(H,24,26). The highest BCUT2D eigenvalue weighted by Crippen LogP contribution is 2.23. The number of para-hydroxylation sites is 2. The van der Waals surface area contributed by atoms with Gasteiger partial charge in [-0.15, -0.1) is 0 Å². The number of nitrogens with one attached hydrogen (secondary N) is 2. The number of carbonyl (C=O) groups excluding carboxylic acids is 2. The van der Waals surface area contributed by atoms with E-state index in [-0.39, 0.29) is 23.7 Å². The molecule has 0 saturated carbocycles. The molecule has 2 aromatic rings. The number of amides is 2. The van der Waals surface area contributed by atoms with Crippen molar-refractivity contribution < 1.29 is 19.1 Å². The predicted octanol–water partition coefficient (Wildman–Crippen LogP) is 2.77. The number of rotatable bonds is 6. The Hall–Kier alpha value is -3.36. The van der Waals surface area contributed by atoms with E-state index >= 15 is 0 Å². The van der Waals surface area contributed by atoms with Crippen molar-refractivity contribution in [2.75, 3.05) is 37.4 Å². The van der Waals surface area contributed by atoms with E-state index in [2.05, 4.69) is 20.6 Å². The van der Waals surface area contributed by atoms with E-state index in [1.54, 1.807) is 31.1 Å². The second kappa shape index (κ2) is 9.72. The van der Waals surface area contributed by atoms with Crippen LogP contribution in [0.5, 0.6) is 5.75 Å². The van der Waals surface area contributed by atoms with E-state index < -0.39 is 0 Å². The fraction of sp³-hybridized carbons (Fsp3) is 0.400. The van der Waals surface area contributed by atoms with Crippen LogP contribution in [0.15, 0.2) is 36.7 Å². The maximum Gasteiger partial charge on any atom is 0.409 e. The number of ether oxygens (including phenoxy) is 2. The van der Waals surface area contributed by atoms with Gasteiger partial charge < -0.3 is 25.0 Å². The highest BCUT2D eigenvalue weighted by Gasteiger charge is 2.23. The number of anilines is 2. The van der Waals surface area contributed by atoms with Crippen LogP contribution in [-0.4, -0.2) is 59.7 Å². The van der Waals surface area contributed by atoms with Gasteiger partial charge >= 0.3 is 6.09 Å². The van der Waals surface area contributed by atoms with Gasteiger partial charge in [0.1, 0.15) is 17.3 Å². The van der Waals surface area contributed by atoms with Gasteiger partial charge in [0, 0.05) is 19.1 Å². The van der Waals surface area contributed by atoms with E-state index in [9.17, 15) is 9.59 Å². The Kier molecular flexibility index (Phi) is 6.83. The van der Waals surface area contributed by atoms with Gasteiger partial charge in [0.25, 0.3) is 5.91 Å². The fourth-order valence-corrected chi connectivity index (χ4v) is 3.08. The zero-order valence-corrected chi connectivity index (χ0v) is 16.6. The quantitative estimate of drug-likeness (QED) is 0.769.